The van der Waals surface area contributed by atoms with E-state index in [1.807, 2.05) is 32.0 Å². The average Bonchev–Trinajstić information content (AvgIpc) is 2.61. The van der Waals surface area contributed by atoms with Gasteiger partial charge < -0.3 is 15.4 Å². The zero-order valence-electron chi connectivity index (χ0n) is 14.9. The number of hydrogen-bond donors (Lipinski definition) is 2. The molecule has 25 heavy (non-hydrogen) atoms. The fraction of sp³-hybridized carbons (Fsp3) is 0.526. The molecule has 0 unspecified atom stereocenters. The van der Waals surface area contributed by atoms with Gasteiger partial charge in [-0.15, -0.1) is 0 Å². The maximum atomic E-state index is 11.9. The highest BCUT2D eigenvalue weighted by atomic mass is 16.5. The predicted octanol–water partition coefficient (Wildman–Crippen LogP) is 2.48. The van der Waals surface area contributed by atoms with Gasteiger partial charge >= 0.3 is 5.97 Å². The molecule has 2 amide bonds. The van der Waals surface area contributed by atoms with Gasteiger partial charge in [-0.1, -0.05) is 37.0 Å². The number of carbonyl (C=O) groups is 3. The number of nitrogens with one attached hydrogen (secondary N) is 2. The number of hydrogen-bond acceptors (Lipinski definition) is 4. The van der Waals surface area contributed by atoms with E-state index in [-0.39, 0.29) is 25.0 Å². The summed E-state index contributed by atoms with van der Waals surface area (Å²) < 4.78 is 4.91. The lowest BCUT2D eigenvalue weighted by Gasteiger charge is -2.20. The summed E-state index contributed by atoms with van der Waals surface area (Å²) in [7, 11) is 0. The maximum absolute atomic E-state index is 11.9. The molecule has 136 valence electrons. The molecular weight excluding hydrogens is 320 g/mol. The predicted molar refractivity (Wildman–Crippen MR) is 95.1 cm³/mol. The Hall–Kier alpha value is -2.37. The van der Waals surface area contributed by atoms with E-state index in [9.17, 15) is 14.4 Å². The van der Waals surface area contributed by atoms with Crippen molar-refractivity contribution in [3.63, 3.8) is 0 Å². The summed E-state index contributed by atoms with van der Waals surface area (Å²) in [4.78, 5) is 35.5. The first-order valence-electron chi connectivity index (χ1n) is 8.76. The third-order valence-corrected chi connectivity index (χ3v) is 4.40. The van der Waals surface area contributed by atoms with Crippen molar-refractivity contribution >= 4 is 23.5 Å². The zero-order valence-corrected chi connectivity index (χ0v) is 14.9. The highest BCUT2D eigenvalue weighted by Gasteiger charge is 2.21. The molecule has 1 aromatic carbocycles. The topological polar surface area (TPSA) is 84.5 Å². The third kappa shape index (κ3) is 6.21. The smallest absolute Gasteiger partial charge is 0.325 e. The van der Waals surface area contributed by atoms with Crippen LogP contribution in [0.15, 0.2) is 18.2 Å². The van der Waals surface area contributed by atoms with Crippen molar-refractivity contribution in [2.24, 2.45) is 5.92 Å². The van der Waals surface area contributed by atoms with Crippen molar-refractivity contribution < 1.29 is 19.1 Å². The number of aryl methyl sites for hydroxylation is 2. The first-order valence-corrected chi connectivity index (χ1v) is 8.76. The van der Waals surface area contributed by atoms with Crippen LogP contribution in [0.25, 0.3) is 0 Å². The molecule has 0 aliphatic heterocycles. The molecule has 1 aliphatic carbocycles. The number of benzene rings is 1. The van der Waals surface area contributed by atoms with Crippen LogP contribution in [0.1, 0.15) is 43.2 Å². The maximum Gasteiger partial charge on any atom is 0.325 e. The Balaban J connectivity index is 1.68. The summed E-state index contributed by atoms with van der Waals surface area (Å²) in [6.07, 6.45) is 5.03. The van der Waals surface area contributed by atoms with Crippen molar-refractivity contribution in [2.75, 3.05) is 18.5 Å². The largest absolute Gasteiger partial charge is 0.454 e. The van der Waals surface area contributed by atoms with E-state index in [1.54, 1.807) is 0 Å². The van der Waals surface area contributed by atoms with Crippen LogP contribution in [-0.2, 0) is 19.1 Å². The monoisotopic (exact) mass is 346 g/mol. The Kier molecular flexibility index (Phi) is 6.98. The van der Waals surface area contributed by atoms with Crippen molar-refractivity contribution in [2.45, 2.75) is 46.0 Å². The van der Waals surface area contributed by atoms with Gasteiger partial charge in [0.05, 0.1) is 0 Å². The highest BCUT2D eigenvalue weighted by molar-refractivity contribution is 5.93. The summed E-state index contributed by atoms with van der Waals surface area (Å²) in [5.41, 5.74) is 2.74. The molecule has 1 fully saturated rings. The number of esters is 1. The molecule has 1 aromatic rings. The molecule has 2 N–H and O–H groups in total. The number of ether oxygens (including phenoxy) is 1. The summed E-state index contributed by atoms with van der Waals surface area (Å²) in [6.45, 7) is 3.30. The molecule has 0 atom stereocenters. The summed E-state index contributed by atoms with van der Waals surface area (Å²) >= 11 is 0. The van der Waals surface area contributed by atoms with Crippen LogP contribution in [0.3, 0.4) is 0 Å². The number of carbonyl (C=O) groups excluding carboxylic acids is 3. The number of anilines is 1. The van der Waals surface area contributed by atoms with Gasteiger partial charge in [0.25, 0.3) is 5.91 Å². The molecule has 0 bridgehead atoms. The second-order valence-corrected chi connectivity index (χ2v) is 6.58. The van der Waals surface area contributed by atoms with Gasteiger partial charge in [0.2, 0.25) is 5.91 Å². The number of amides is 2. The SMILES string of the molecule is Cc1ccc(NC(=O)COC(=O)CNC(=O)C2CCCCC2)c(C)c1. The Bertz CT molecular complexity index is 636. The van der Waals surface area contributed by atoms with Gasteiger partial charge in [-0.05, 0) is 38.3 Å². The fourth-order valence-electron chi connectivity index (χ4n) is 3.01. The van der Waals surface area contributed by atoms with E-state index in [4.69, 9.17) is 4.74 Å². The van der Waals surface area contributed by atoms with Gasteiger partial charge in [0, 0.05) is 11.6 Å². The van der Waals surface area contributed by atoms with Crippen molar-refractivity contribution in [1.82, 2.24) is 5.32 Å². The van der Waals surface area contributed by atoms with Gasteiger partial charge in [-0.25, -0.2) is 0 Å². The fourth-order valence-corrected chi connectivity index (χ4v) is 3.01. The van der Waals surface area contributed by atoms with Crippen molar-refractivity contribution in [3.05, 3.63) is 29.3 Å². The van der Waals surface area contributed by atoms with Gasteiger partial charge in [-0.2, -0.15) is 0 Å². The molecular formula is C19H26N2O4. The first-order chi connectivity index (χ1) is 12.0. The molecule has 0 radical (unpaired) electrons. The molecule has 6 nitrogen and oxygen atoms in total. The minimum atomic E-state index is -0.611. The third-order valence-electron chi connectivity index (χ3n) is 4.40. The zero-order chi connectivity index (χ0) is 18.2. The Labute approximate surface area is 148 Å². The highest BCUT2D eigenvalue weighted by Crippen LogP contribution is 2.23. The van der Waals surface area contributed by atoms with E-state index < -0.39 is 11.9 Å². The van der Waals surface area contributed by atoms with Crippen LogP contribution < -0.4 is 10.6 Å². The molecule has 0 saturated heterocycles. The van der Waals surface area contributed by atoms with Crippen molar-refractivity contribution in [3.8, 4) is 0 Å². The normalized spacial score (nSPS) is 14.6. The molecule has 0 heterocycles. The van der Waals surface area contributed by atoms with E-state index in [1.165, 1.54) is 6.42 Å². The molecule has 0 spiro atoms. The minimum Gasteiger partial charge on any atom is -0.454 e. The standard InChI is InChI=1S/C19H26N2O4/c1-13-8-9-16(14(2)10-13)21-17(22)12-25-18(23)11-20-19(24)15-6-4-3-5-7-15/h8-10,15H,3-7,11-12H2,1-2H3,(H,20,24)(H,21,22). The average molecular weight is 346 g/mol. The van der Waals surface area contributed by atoms with E-state index >= 15 is 0 Å². The quantitative estimate of drug-likeness (QED) is 0.775. The van der Waals surface area contributed by atoms with Crippen LogP contribution in [0.4, 0.5) is 5.69 Å². The minimum absolute atomic E-state index is 0.00522. The van der Waals surface area contributed by atoms with Crippen LogP contribution in [0, 0.1) is 19.8 Å². The Morgan fingerprint density at radius 1 is 1.12 bits per heavy atom. The van der Waals surface area contributed by atoms with E-state index in [0.717, 1.165) is 36.8 Å². The second-order valence-electron chi connectivity index (χ2n) is 6.58. The van der Waals surface area contributed by atoms with Crippen LogP contribution in [0.2, 0.25) is 0 Å². The van der Waals surface area contributed by atoms with Crippen LogP contribution in [-0.4, -0.2) is 30.9 Å². The molecule has 6 heteroatoms. The van der Waals surface area contributed by atoms with E-state index in [2.05, 4.69) is 10.6 Å². The van der Waals surface area contributed by atoms with E-state index in [0.29, 0.717) is 5.69 Å². The van der Waals surface area contributed by atoms with Crippen LogP contribution in [0.5, 0.6) is 0 Å². The van der Waals surface area contributed by atoms with Gasteiger partial charge in [0.15, 0.2) is 6.61 Å². The van der Waals surface area contributed by atoms with Gasteiger partial charge in [0.1, 0.15) is 6.54 Å². The molecule has 0 aromatic heterocycles. The summed E-state index contributed by atoms with van der Waals surface area (Å²) in [5.74, 6) is -1.12. The Morgan fingerprint density at radius 2 is 1.84 bits per heavy atom. The number of rotatable bonds is 6. The van der Waals surface area contributed by atoms with Gasteiger partial charge in [-0.3, -0.25) is 14.4 Å². The first kappa shape index (κ1) is 19.0. The van der Waals surface area contributed by atoms with Crippen LogP contribution >= 0.6 is 0 Å². The lowest BCUT2D eigenvalue weighted by atomic mass is 9.89. The lowest BCUT2D eigenvalue weighted by molar-refractivity contribution is -0.147. The van der Waals surface area contributed by atoms with Crippen molar-refractivity contribution in [1.29, 1.82) is 0 Å². The molecule has 2 rings (SSSR count). The second kappa shape index (κ2) is 9.20. The molecule has 1 aliphatic rings. The lowest BCUT2D eigenvalue weighted by Crippen LogP contribution is -2.36. The molecule has 1 saturated carbocycles. The summed E-state index contributed by atoms with van der Waals surface area (Å²) in [6, 6.07) is 5.67. The Morgan fingerprint density at radius 3 is 2.52 bits per heavy atom. The summed E-state index contributed by atoms with van der Waals surface area (Å²) in [5, 5.41) is 5.30.